The van der Waals surface area contributed by atoms with E-state index in [1.165, 1.54) is 38.5 Å². The largest absolute Gasteiger partial charge is 0.310 e. The Morgan fingerprint density at radius 3 is 2.75 bits per heavy atom. The van der Waals surface area contributed by atoms with Crippen LogP contribution in [0.2, 0.25) is 0 Å². The highest BCUT2D eigenvalue weighted by atomic mass is 79.9. The SMILES string of the molecule is CCNC(CCC1CCCCC1)c1cccc(Br)c1F. The molecule has 0 amide bonds. The highest BCUT2D eigenvalue weighted by molar-refractivity contribution is 9.10. The van der Waals surface area contributed by atoms with Crippen molar-refractivity contribution in [3.05, 3.63) is 34.1 Å². The van der Waals surface area contributed by atoms with Gasteiger partial charge in [-0.3, -0.25) is 0 Å². The molecular weight excluding hydrogens is 317 g/mol. The van der Waals surface area contributed by atoms with Crippen LogP contribution in [0.1, 0.15) is 63.5 Å². The topological polar surface area (TPSA) is 12.0 Å². The van der Waals surface area contributed by atoms with E-state index in [1.54, 1.807) is 6.07 Å². The minimum absolute atomic E-state index is 0.109. The van der Waals surface area contributed by atoms with E-state index in [1.807, 2.05) is 12.1 Å². The van der Waals surface area contributed by atoms with Gasteiger partial charge in [0.2, 0.25) is 0 Å². The van der Waals surface area contributed by atoms with Crippen molar-refractivity contribution in [2.75, 3.05) is 6.54 Å². The van der Waals surface area contributed by atoms with Gasteiger partial charge in [-0.25, -0.2) is 4.39 Å². The van der Waals surface area contributed by atoms with Crippen LogP contribution in [0, 0.1) is 11.7 Å². The number of rotatable bonds is 6. The summed E-state index contributed by atoms with van der Waals surface area (Å²) in [5.74, 6) is 0.738. The fourth-order valence-corrected chi connectivity index (χ4v) is 3.66. The van der Waals surface area contributed by atoms with E-state index >= 15 is 0 Å². The average molecular weight is 342 g/mol. The molecule has 1 nitrogen and oxygen atoms in total. The van der Waals surface area contributed by atoms with Crippen LogP contribution in [0.4, 0.5) is 4.39 Å². The molecule has 1 aliphatic carbocycles. The lowest BCUT2D eigenvalue weighted by Crippen LogP contribution is -2.23. The number of halogens is 2. The molecule has 0 aromatic heterocycles. The van der Waals surface area contributed by atoms with Crippen molar-refractivity contribution in [1.29, 1.82) is 0 Å². The summed E-state index contributed by atoms with van der Waals surface area (Å²) in [6, 6.07) is 5.74. The Morgan fingerprint density at radius 1 is 1.30 bits per heavy atom. The molecule has 1 unspecified atom stereocenters. The van der Waals surface area contributed by atoms with Crippen LogP contribution in [0.3, 0.4) is 0 Å². The van der Waals surface area contributed by atoms with Crippen molar-refractivity contribution in [2.24, 2.45) is 5.92 Å². The van der Waals surface area contributed by atoms with Crippen molar-refractivity contribution in [3.63, 3.8) is 0 Å². The number of hydrogen-bond donors (Lipinski definition) is 1. The first-order chi connectivity index (χ1) is 9.72. The van der Waals surface area contributed by atoms with Gasteiger partial charge >= 0.3 is 0 Å². The lowest BCUT2D eigenvalue weighted by atomic mass is 9.84. The van der Waals surface area contributed by atoms with Gasteiger partial charge in [-0.05, 0) is 47.3 Å². The average Bonchev–Trinajstić information content (AvgIpc) is 2.48. The molecule has 1 aromatic rings. The summed E-state index contributed by atoms with van der Waals surface area (Å²) in [5, 5.41) is 3.45. The third kappa shape index (κ3) is 4.29. The molecular formula is C17H25BrFN. The predicted octanol–water partition coefficient (Wildman–Crippen LogP) is 5.60. The number of benzene rings is 1. The third-order valence-electron chi connectivity index (χ3n) is 4.40. The maximum atomic E-state index is 14.3. The first kappa shape index (κ1) is 16.0. The van der Waals surface area contributed by atoms with E-state index in [4.69, 9.17) is 0 Å². The number of nitrogens with one attached hydrogen (secondary N) is 1. The summed E-state index contributed by atoms with van der Waals surface area (Å²) in [6.45, 7) is 2.96. The lowest BCUT2D eigenvalue weighted by molar-refractivity contribution is 0.313. The van der Waals surface area contributed by atoms with Crippen molar-refractivity contribution in [2.45, 2.75) is 57.9 Å². The summed E-state index contributed by atoms with van der Waals surface area (Å²) in [5.41, 5.74) is 0.803. The minimum Gasteiger partial charge on any atom is -0.310 e. The smallest absolute Gasteiger partial charge is 0.142 e. The van der Waals surface area contributed by atoms with E-state index in [0.29, 0.717) is 4.47 Å². The van der Waals surface area contributed by atoms with Crippen LogP contribution in [0.25, 0.3) is 0 Å². The molecule has 1 fully saturated rings. The Morgan fingerprint density at radius 2 is 2.05 bits per heavy atom. The van der Waals surface area contributed by atoms with E-state index in [9.17, 15) is 4.39 Å². The van der Waals surface area contributed by atoms with Crippen molar-refractivity contribution >= 4 is 15.9 Å². The summed E-state index contributed by atoms with van der Waals surface area (Å²) in [4.78, 5) is 0. The molecule has 1 aliphatic rings. The zero-order chi connectivity index (χ0) is 14.4. The van der Waals surface area contributed by atoms with Gasteiger partial charge in [-0.1, -0.05) is 51.2 Å². The van der Waals surface area contributed by atoms with Gasteiger partial charge in [-0.15, -0.1) is 0 Å². The standard InChI is InChI=1S/C17H25BrFN/c1-2-20-16(12-11-13-7-4-3-5-8-13)14-9-6-10-15(18)17(14)19/h6,9-10,13,16,20H,2-5,7-8,11-12H2,1H3. The Balaban J connectivity index is 2.00. The van der Waals surface area contributed by atoms with Crippen molar-refractivity contribution in [3.8, 4) is 0 Å². The summed E-state index contributed by atoms with van der Waals surface area (Å²) in [7, 11) is 0. The molecule has 0 aliphatic heterocycles. The third-order valence-corrected chi connectivity index (χ3v) is 5.01. The summed E-state index contributed by atoms with van der Waals surface area (Å²) >= 11 is 3.29. The lowest BCUT2D eigenvalue weighted by Gasteiger charge is -2.25. The van der Waals surface area contributed by atoms with Gasteiger partial charge in [0.1, 0.15) is 5.82 Å². The van der Waals surface area contributed by atoms with Crippen LogP contribution in [-0.4, -0.2) is 6.54 Å². The van der Waals surface area contributed by atoms with Crippen molar-refractivity contribution in [1.82, 2.24) is 5.32 Å². The maximum absolute atomic E-state index is 14.3. The quantitative estimate of drug-likeness (QED) is 0.710. The van der Waals surface area contributed by atoms with Gasteiger partial charge in [0.05, 0.1) is 4.47 Å². The zero-order valence-electron chi connectivity index (χ0n) is 12.3. The van der Waals surface area contributed by atoms with Gasteiger partial charge in [0, 0.05) is 11.6 Å². The van der Waals surface area contributed by atoms with E-state index in [-0.39, 0.29) is 11.9 Å². The van der Waals surface area contributed by atoms with Crippen LogP contribution in [0.15, 0.2) is 22.7 Å². The molecule has 1 atom stereocenters. The van der Waals surface area contributed by atoms with Crippen LogP contribution in [-0.2, 0) is 0 Å². The summed E-state index contributed by atoms with van der Waals surface area (Å²) < 4.78 is 14.8. The minimum atomic E-state index is -0.109. The molecule has 0 spiro atoms. The fourth-order valence-electron chi connectivity index (χ4n) is 3.28. The second-order valence-electron chi connectivity index (χ2n) is 5.83. The molecule has 1 N–H and O–H groups in total. The first-order valence-electron chi connectivity index (χ1n) is 7.89. The molecule has 1 saturated carbocycles. The molecule has 1 aromatic carbocycles. The Hall–Kier alpha value is -0.410. The zero-order valence-corrected chi connectivity index (χ0v) is 13.9. The molecule has 112 valence electrons. The monoisotopic (exact) mass is 341 g/mol. The summed E-state index contributed by atoms with van der Waals surface area (Å²) in [6.07, 6.45) is 9.12. The molecule has 0 saturated heterocycles. The normalized spacial score (nSPS) is 18.1. The molecule has 0 heterocycles. The fraction of sp³-hybridized carbons (Fsp3) is 0.647. The highest BCUT2D eigenvalue weighted by Gasteiger charge is 2.19. The Labute approximate surface area is 130 Å². The van der Waals surface area contributed by atoms with Gasteiger partial charge < -0.3 is 5.32 Å². The Bertz CT molecular complexity index is 415. The highest BCUT2D eigenvalue weighted by Crippen LogP contribution is 2.32. The molecule has 0 bridgehead atoms. The van der Waals surface area contributed by atoms with Crippen LogP contribution >= 0.6 is 15.9 Å². The van der Waals surface area contributed by atoms with Gasteiger partial charge in [0.25, 0.3) is 0 Å². The van der Waals surface area contributed by atoms with Crippen LogP contribution in [0.5, 0.6) is 0 Å². The molecule has 3 heteroatoms. The van der Waals surface area contributed by atoms with E-state index in [2.05, 4.69) is 28.2 Å². The van der Waals surface area contributed by atoms with Gasteiger partial charge in [0.15, 0.2) is 0 Å². The predicted molar refractivity (Wildman–Crippen MR) is 86.3 cm³/mol. The van der Waals surface area contributed by atoms with Crippen LogP contribution < -0.4 is 5.32 Å². The second kappa shape index (κ2) is 8.14. The molecule has 2 rings (SSSR count). The molecule has 20 heavy (non-hydrogen) atoms. The van der Waals surface area contributed by atoms with E-state index in [0.717, 1.165) is 24.4 Å². The molecule has 0 radical (unpaired) electrons. The Kier molecular flexibility index (Phi) is 6.50. The first-order valence-corrected chi connectivity index (χ1v) is 8.69. The van der Waals surface area contributed by atoms with Crippen molar-refractivity contribution < 1.29 is 4.39 Å². The van der Waals surface area contributed by atoms with Gasteiger partial charge in [-0.2, -0.15) is 0 Å². The number of hydrogen-bond acceptors (Lipinski definition) is 1. The van der Waals surface area contributed by atoms with E-state index < -0.39 is 0 Å². The second-order valence-corrected chi connectivity index (χ2v) is 6.69. The maximum Gasteiger partial charge on any atom is 0.142 e.